The Bertz CT molecular complexity index is 296. The molecule has 0 saturated heterocycles. The second-order valence-electron chi connectivity index (χ2n) is 2.16. The molecule has 1 rings (SSSR count). The fourth-order valence-corrected chi connectivity index (χ4v) is 1.52. The molecule has 0 atom stereocenters. The minimum atomic E-state index is -0.335. The van der Waals surface area contributed by atoms with Crippen LogP contribution in [0.3, 0.4) is 0 Å². The van der Waals surface area contributed by atoms with Crippen molar-refractivity contribution >= 4 is 28.4 Å². The van der Waals surface area contributed by atoms with Crippen LogP contribution in [0.2, 0.25) is 0 Å². The molecule has 1 aromatic rings. The van der Waals surface area contributed by atoms with Crippen LogP contribution in [-0.2, 0) is 0 Å². The number of carbonyl (C=O) groups excluding carboxylic acids is 1. The number of hydrogen-bond donors (Lipinski definition) is 0. The van der Waals surface area contributed by atoms with Gasteiger partial charge in [-0.15, -0.1) is 0 Å². The van der Waals surface area contributed by atoms with Crippen LogP contribution in [0.15, 0.2) is 18.2 Å². The van der Waals surface area contributed by atoms with Crippen molar-refractivity contribution in [1.29, 1.82) is 0 Å². The minimum absolute atomic E-state index is 0.103. The summed E-state index contributed by atoms with van der Waals surface area (Å²) in [5.74, 6) is -0.438. The van der Waals surface area contributed by atoms with Gasteiger partial charge < -0.3 is 0 Å². The van der Waals surface area contributed by atoms with Crippen molar-refractivity contribution in [3.63, 3.8) is 0 Å². The number of carbonyl (C=O) groups is 1. The number of Topliss-reactive ketones (excluding diaryl/α,β-unsaturated/α-hetero) is 1. The van der Waals surface area contributed by atoms with E-state index in [2.05, 4.69) is 0 Å². The largest absolute Gasteiger partial charge is 0.294 e. The zero-order valence-corrected chi connectivity index (χ0v) is 8.05. The molecule has 0 aliphatic heterocycles. The van der Waals surface area contributed by atoms with Gasteiger partial charge in [-0.25, -0.2) is 4.39 Å². The normalized spacial score (nSPS) is 9.73. The molecule has 1 nitrogen and oxygen atoms in total. The molecule has 58 valence electrons. The zero-order chi connectivity index (χ0) is 8.43. The lowest BCUT2D eigenvalue weighted by molar-refractivity contribution is 0.101. The van der Waals surface area contributed by atoms with E-state index in [-0.39, 0.29) is 11.6 Å². The van der Waals surface area contributed by atoms with Crippen molar-refractivity contribution < 1.29 is 9.18 Å². The Balaban J connectivity index is 3.27. The quantitative estimate of drug-likeness (QED) is 0.563. The van der Waals surface area contributed by atoms with E-state index in [1.165, 1.54) is 19.1 Å². The van der Waals surface area contributed by atoms with Gasteiger partial charge in [0.2, 0.25) is 0 Å². The van der Waals surface area contributed by atoms with Crippen LogP contribution in [0.5, 0.6) is 0 Å². The highest BCUT2D eigenvalue weighted by Crippen LogP contribution is 2.15. The van der Waals surface area contributed by atoms with Crippen molar-refractivity contribution in [2.45, 2.75) is 6.92 Å². The summed E-state index contributed by atoms with van der Waals surface area (Å²) in [7, 11) is 0. The molecule has 0 spiro atoms. The van der Waals surface area contributed by atoms with E-state index in [9.17, 15) is 9.18 Å². The smallest absolute Gasteiger partial charge is 0.160 e. The fourth-order valence-electron chi connectivity index (χ4n) is 0.776. The van der Waals surface area contributed by atoms with Crippen molar-refractivity contribution in [3.8, 4) is 0 Å². The summed E-state index contributed by atoms with van der Waals surface area (Å²) in [5, 5.41) is 0. The van der Waals surface area contributed by atoms with Crippen molar-refractivity contribution in [3.05, 3.63) is 33.1 Å². The molecule has 0 fully saturated rings. The average molecular weight is 264 g/mol. The molecular weight excluding hydrogens is 258 g/mol. The maximum atomic E-state index is 12.8. The molecule has 0 aromatic heterocycles. The van der Waals surface area contributed by atoms with E-state index >= 15 is 0 Å². The molecule has 0 bridgehead atoms. The monoisotopic (exact) mass is 264 g/mol. The molecule has 0 saturated carbocycles. The van der Waals surface area contributed by atoms with Crippen LogP contribution in [0.4, 0.5) is 4.39 Å². The van der Waals surface area contributed by atoms with E-state index in [4.69, 9.17) is 0 Å². The first-order valence-electron chi connectivity index (χ1n) is 3.08. The second-order valence-corrected chi connectivity index (χ2v) is 3.24. The summed E-state index contributed by atoms with van der Waals surface area (Å²) in [6.45, 7) is 1.43. The predicted molar refractivity (Wildman–Crippen MR) is 49.1 cm³/mol. The Labute approximate surface area is 77.8 Å². The second kappa shape index (κ2) is 3.30. The summed E-state index contributed by atoms with van der Waals surface area (Å²) >= 11 is 1.82. The molecule has 0 N–H and O–H groups in total. The van der Waals surface area contributed by atoms with Crippen molar-refractivity contribution in [2.75, 3.05) is 0 Å². The van der Waals surface area contributed by atoms with Gasteiger partial charge in [-0.05, 0) is 35.6 Å². The molecule has 0 heterocycles. The minimum Gasteiger partial charge on any atom is -0.294 e. The first kappa shape index (κ1) is 8.64. The van der Waals surface area contributed by atoms with Crippen LogP contribution in [0.1, 0.15) is 17.3 Å². The standard InChI is InChI=1S/C8H6FIO/c1-5(11)6-3-2-4-7(9)8(6)10/h2-4H,1H3. The van der Waals surface area contributed by atoms with Gasteiger partial charge in [0.25, 0.3) is 0 Å². The van der Waals surface area contributed by atoms with Gasteiger partial charge in [0.1, 0.15) is 5.82 Å². The molecule has 3 heteroatoms. The van der Waals surface area contributed by atoms with Crippen molar-refractivity contribution in [2.24, 2.45) is 0 Å². The maximum absolute atomic E-state index is 12.8. The van der Waals surface area contributed by atoms with E-state index < -0.39 is 0 Å². The molecule has 0 radical (unpaired) electrons. The Morgan fingerprint density at radius 3 is 2.64 bits per heavy atom. The third-order valence-corrected chi connectivity index (χ3v) is 2.43. The highest BCUT2D eigenvalue weighted by Gasteiger charge is 2.07. The molecule has 11 heavy (non-hydrogen) atoms. The van der Waals surface area contributed by atoms with Crippen LogP contribution in [0.25, 0.3) is 0 Å². The van der Waals surface area contributed by atoms with Crippen molar-refractivity contribution in [1.82, 2.24) is 0 Å². The predicted octanol–water partition coefficient (Wildman–Crippen LogP) is 2.63. The van der Waals surface area contributed by atoms with E-state index in [1.54, 1.807) is 6.07 Å². The van der Waals surface area contributed by atoms with Gasteiger partial charge in [-0.1, -0.05) is 12.1 Å². The van der Waals surface area contributed by atoms with E-state index in [1.807, 2.05) is 22.6 Å². The lowest BCUT2D eigenvalue weighted by Gasteiger charge is -1.99. The molecular formula is C8H6FIO. The van der Waals surface area contributed by atoms with Gasteiger partial charge in [-0.2, -0.15) is 0 Å². The topological polar surface area (TPSA) is 17.1 Å². The summed E-state index contributed by atoms with van der Waals surface area (Å²) in [6, 6.07) is 4.50. The lowest BCUT2D eigenvalue weighted by atomic mass is 10.1. The molecule has 0 unspecified atom stereocenters. The number of benzene rings is 1. The van der Waals surface area contributed by atoms with Gasteiger partial charge in [-0.3, -0.25) is 4.79 Å². The summed E-state index contributed by atoms with van der Waals surface area (Å²) < 4.78 is 13.2. The molecule has 1 aromatic carbocycles. The molecule has 0 amide bonds. The lowest BCUT2D eigenvalue weighted by Crippen LogP contribution is -1.97. The summed E-state index contributed by atoms with van der Waals surface area (Å²) in [5.41, 5.74) is 0.450. The number of hydrogen-bond acceptors (Lipinski definition) is 1. The maximum Gasteiger partial charge on any atom is 0.160 e. The summed E-state index contributed by atoms with van der Waals surface area (Å²) in [4.78, 5) is 10.8. The van der Waals surface area contributed by atoms with E-state index in [0.717, 1.165) is 0 Å². The van der Waals surface area contributed by atoms with Gasteiger partial charge in [0, 0.05) is 5.56 Å². The Morgan fingerprint density at radius 1 is 1.55 bits per heavy atom. The number of rotatable bonds is 1. The summed E-state index contributed by atoms with van der Waals surface area (Å²) in [6.07, 6.45) is 0. The average Bonchev–Trinajstić information content (AvgIpc) is 1.94. The third kappa shape index (κ3) is 1.77. The van der Waals surface area contributed by atoms with Crippen LogP contribution in [0, 0.1) is 9.39 Å². The first-order valence-corrected chi connectivity index (χ1v) is 4.15. The fraction of sp³-hybridized carbons (Fsp3) is 0.125. The van der Waals surface area contributed by atoms with Crippen LogP contribution in [-0.4, -0.2) is 5.78 Å². The highest BCUT2D eigenvalue weighted by molar-refractivity contribution is 14.1. The van der Waals surface area contributed by atoms with Crippen LogP contribution < -0.4 is 0 Å². The Hall–Kier alpha value is -0.450. The Kier molecular flexibility index (Phi) is 2.59. The Morgan fingerprint density at radius 2 is 2.18 bits per heavy atom. The van der Waals surface area contributed by atoms with E-state index in [0.29, 0.717) is 9.13 Å². The zero-order valence-electron chi connectivity index (χ0n) is 5.90. The van der Waals surface area contributed by atoms with Gasteiger partial charge in [0.15, 0.2) is 5.78 Å². The molecule has 0 aliphatic rings. The third-order valence-electron chi connectivity index (χ3n) is 1.33. The molecule has 0 aliphatic carbocycles. The van der Waals surface area contributed by atoms with Gasteiger partial charge in [0.05, 0.1) is 3.57 Å². The highest BCUT2D eigenvalue weighted by atomic mass is 127. The number of ketones is 1. The first-order chi connectivity index (χ1) is 5.13. The van der Waals surface area contributed by atoms with Gasteiger partial charge >= 0.3 is 0 Å². The SMILES string of the molecule is CC(=O)c1cccc(F)c1I. The number of halogens is 2. The van der Waals surface area contributed by atoms with Crippen LogP contribution >= 0.6 is 22.6 Å².